The largest absolute Gasteiger partial charge is 0.416 e. The fourth-order valence-electron chi connectivity index (χ4n) is 3.11. The zero-order valence-electron chi connectivity index (χ0n) is 11.9. The molecule has 0 fully saturated rings. The van der Waals surface area contributed by atoms with Gasteiger partial charge in [-0.2, -0.15) is 13.2 Å². The number of benzene rings is 2. The number of hydrogen-bond donors (Lipinski definition) is 2. The summed E-state index contributed by atoms with van der Waals surface area (Å²) in [7, 11) is 0. The van der Waals surface area contributed by atoms with Crippen LogP contribution in [-0.4, -0.2) is 11.5 Å². The van der Waals surface area contributed by atoms with E-state index in [1.165, 1.54) is 12.1 Å². The summed E-state index contributed by atoms with van der Waals surface area (Å²) >= 11 is 2.24. The van der Waals surface area contributed by atoms with Gasteiger partial charge in [0.25, 0.3) is 0 Å². The van der Waals surface area contributed by atoms with Gasteiger partial charge >= 0.3 is 6.18 Å². The Kier molecular flexibility index (Phi) is 3.33. The highest BCUT2D eigenvalue weighted by atomic mass is 127. The molecule has 0 saturated heterocycles. The van der Waals surface area contributed by atoms with E-state index in [-0.39, 0.29) is 0 Å². The van der Waals surface area contributed by atoms with E-state index in [0.29, 0.717) is 18.4 Å². The molecule has 0 bridgehead atoms. The minimum Gasteiger partial charge on any atom is -0.384 e. The lowest BCUT2D eigenvalue weighted by molar-refractivity contribution is -0.137. The molecule has 0 spiro atoms. The Bertz CT molecular complexity index is 912. The van der Waals surface area contributed by atoms with Gasteiger partial charge in [-0.3, -0.25) is 0 Å². The van der Waals surface area contributed by atoms with Crippen LogP contribution in [0, 0.1) is 3.57 Å². The van der Waals surface area contributed by atoms with Crippen molar-refractivity contribution in [3.05, 3.63) is 51.1 Å². The van der Waals surface area contributed by atoms with E-state index < -0.39 is 11.7 Å². The molecule has 0 atom stereocenters. The van der Waals surface area contributed by atoms with Crippen molar-refractivity contribution in [2.75, 3.05) is 11.9 Å². The van der Waals surface area contributed by atoms with Gasteiger partial charge in [0.15, 0.2) is 0 Å². The highest BCUT2D eigenvalue weighted by Gasteiger charge is 2.31. The first kappa shape index (κ1) is 14.9. The summed E-state index contributed by atoms with van der Waals surface area (Å²) < 4.78 is 40.1. The van der Waals surface area contributed by atoms with Gasteiger partial charge in [-0.25, -0.2) is 0 Å². The third kappa shape index (κ3) is 2.49. The average molecular weight is 428 g/mol. The predicted octanol–water partition coefficient (Wildman–Crippen LogP) is 5.43. The molecular formula is C17H12F3IN2. The minimum absolute atomic E-state index is 0.605. The molecule has 2 heterocycles. The summed E-state index contributed by atoms with van der Waals surface area (Å²) in [5.74, 6) is 0. The van der Waals surface area contributed by atoms with Gasteiger partial charge in [0.05, 0.1) is 11.3 Å². The van der Waals surface area contributed by atoms with E-state index in [2.05, 4.69) is 32.9 Å². The van der Waals surface area contributed by atoms with Gasteiger partial charge in [0, 0.05) is 32.3 Å². The lowest BCUT2D eigenvalue weighted by Gasteiger charge is -2.08. The first-order valence-corrected chi connectivity index (χ1v) is 8.27. The number of alkyl halides is 3. The zero-order valence-corrected chi connectivity index (χ0v) is 14.0. The lowest BCUT2D eigenvalue weighted by Crippen LogP contribution is -2.05. The van der Waals surface area contributed by atoms with Gasteiger partial charge in [0.1, 0.15) is 0 Å². The first-order valence-electron chi connectivity index (χ1n) is 7.19. The fraction of sp³-hybridized carbons (Fsp3) is 0.176. The normalized spacial score (nSPS) is 14.1. The SMILES string of the molecule is FC(F)(F)c1ccc2[nH]c3c(c2c1)CCNc1ccc(I)cc1-3. The number of nitrogens with one attached hydrogen (secondary N) is 2. The second-order valence-electron chi connectivity index (χ2n) is 5.60. The lowest BCUT2D eigenvalue weighted by atomic mass is 10.0. The number of H-pyrrole nitrogens is 1. The molecule has 23 heavy (non-hydrogen) atoms. The molecule has 0 amide bonds. The number of aromatic nitrogens is 1. The Labute approximate surface area is 144 Å². The predicted molar refractivity (Wildman–Crippen MR) is 93.6 cm³/mol. The molecule has 2 N–H and O–H groups in total. The van der Waals surface area contributed by atoms with Crippen molar-refractivity contribution in [3.63, 3.8) is 0 Å². The molecule has 0 aliphatic carbocycles. The number of rotatable bonds is 0. The third-order valence-corrected chi connectivity index (χ3v) is 4.85. The quantitative estimate of drug-likeness (QED) is 0.460. The smallest absolute Gasteiger partial charge is 0.384 e. The molecule has 2 aromatic carbocycles. The fourth-order valence-corrected chi connectivity index (χ4v) is 3.60. The van der Waals surface area contributed by atoms with Crippen LogP contribution in [0.2, 0.25) is 0 Å². The number of anilines is 1. The molecule has 0 unspecified atom stereocenters. The van der Waals surface area contributed by atoms with Crippen molar-refractivity contribution >= 4 is 39.2 Å². The van der Waals surface area contributed by atoms with Crippen LogP contribution in [0.1, 0.15) is 11.1 Å². The Morgan fingerprint density at radius 1 is 1.04 bits per heavy atom. The van der Waals surface area contributed by atoms with E-state index in [0.717, 1.165) is 37.7 Å². The van der Waals surface area contributed by atoms with Gasteiger partial charge in [-0.1, -0.05) is 0 Å². The van der Waals surface area contributed by atoms with Crippen molar-refractivity contribution < 1.29 is 13.2 Å². The van der Waals surface area contributed by atoms with Gasteiger partial charge in [0.2, 0.25) is 0 Å². The van der Waals surface area contributed by atoms with Crippen molar-refractivity contribution in [1.29, 1.82) is 0 Å². The topological polar surface area (TPSA) is 27.8 Å². The van der Waals surface area contributed by atoms with Crippen molar-refractivity contribution in [2.24, 2.45) is 0 Å². The van der Waals surface area contributed by atoms with Gasteiger partial charge in [-0.05, 0) is 71.0 Å². The minimum atomic E-state index is -4.32. The maximum Gasteiger partial charge on any atom is 0.416 e. The molecule has 118 valence electrons. The van der Waals surface area contributed by atoms with Gasteiger partial charge < -0.3 is 10.3 Å². The van der Waals surface area contributed by atoms with E-state index in [1.807, 2.05) is 18.2 Å². The molecule has 0 saturated carbocycles. The zero-order chi connectivity index (χ0) is 16.2. The maximum absolute atomic E-state index is 13.0. The molecule has 1 aromatic heterocycles. The highest BCUT2D eigenvalue weighted by Crippen LogP contribution is 2.39. The average Bonchev–Trinajstić information content (AvgIpc) is 2.76. The number of halogens is 4. The summed E-state index contributed by atoms with van der Waals surface area (Å²) in [6, 6.07) is 9.98. The second kappa shape index (κ2) is 5.15. The van der Waals surface area contributed by atoms with Crippen LogP contribution in [-0.2, 0) is 12.6 Å². The number of hydrogen-bond acceptors (Lipinski definition) is 1. The Balaban J connectivity index is 1.99. The van der Waals surface area contributed by atoms with Gasteiger partial charge in [-0.15, -0.1) is 0 Å². The molecule has 6 heteroatoms. The summed E-state index contributed by atoms with van der Waals surface area (Å²) in [4.78, 5) is 3.31. The van der Waals surface area contributed by atoms with Crippen LogP contribution < -0.4 is 5.32 Å². The Morgan fingerprint density at radius 2 is 1.87 bits per heavy atom. The van der Waals surface area contributed by atoms with Crippen molar-refractivity contribution in [3.8, 4) is 11.3 Å². The molecule has 1 aliphatic heterocycles. The first-order chi connectivity index (χ1) is 10.9. The third-order valence-electron chi connectivity index (χ3n) is 4.17. The van der Waals surface area contributed by atoms with Crippen molar-refractivity contribution in [1.82, 2.24) is 4.98 Å². The van der Waals surface area contributed by atoms with Crippen LogP contribution in [0.15, 0.2) is 36.4 Å². The molecule has 3 aromatic rings. The van der Waals surface area contributed by atoms with E-state index in [4.69, 9.17) is 0 Å². The van der Waals surface area contributed by atoms with E-state index in [9.17, 15) is 13.2 Å². The molecule has 2 nitrogen and oxygen atoms in total. The Hall–Kier alpha value is -1.70. The molecule has 1 aliphatic rings. The van der Waals surface area contributed by atoms with Crippen LogP contribution in [0.3, 0.4) is 0 Å². The second-order valence-corrected chi connectivity index (χ2v) is 6.85. The van der Waals surface area contributed by atoms with Crippen molar-refractivity contribution in [2.45, 2.75) is 12.6 Å². The Morgan fingerprint density at radius 3 is 2.65 bits per heavy atom. The van der Waals surface area contributed by atoms with Crippen LogP contribution in [0.25, 0.3) is 22.2 Å². The molecule has 0 radical (unpaired) electrons. The summed E-state index contributed by atoms with van der Waals surface area (Å²) in [6.45, 7) is 0.698. The van der Waals surface area contributed by atoms with Crippen LogP contribution in [0.4, 0.5) is 18.9 Å². The number of fused-ring (bicyclic) bond motifs is 5. The highest BCUT2D eigenvalue weighted by molar-refractivity contribution is 14.1. The van der Waals surface area contributed by atoms with Crippen LogP contribution in [0.5, 0.6) is 0 Å². The molecular weight excluding hydrogens is 416 g/mol. The maximum atomic E-state index is 13.0. The summed E-state index contributed by atoms with van der Waals surface area (Å²) in [5.41, 5.74) is 4.01. The number of aromatic amines is 1. The summed E-state index contributed by atoms with van der Waals surface area (Å²) in [6.07, 6.45) is -3.64. The van der Waals surface area contributed by atoms with E-state index >= 15 is 0 Å². The summed E-state index contributed by atoms with van der Waals surface area (Å²) in [5, 5.41) is 4.01. The monoisotopic (exact) mass is 428 g/mol. The van der Waals surface area contributed by atoms with E-state index in [1.54, 1.807) is 0 Å². The molecule has 4 rings (SSSR count). The van der Waals surface area contributed by atoms with Crippen LogP contribution >= 0.6 is 22.6 Å². The standard InChI is InChI=1S/C17H12F3IN2/c18-17(19,20)9-1-3-15-12(7-9)11-5-6-22-14-4-2-10(21)8-13(14)16(11)23-15/h1-4,7-8,22-23H,5-6H2.